The van der Waals surface area contributed by atoms with E-state index in [1.807, 2.05) is 11.0 Å². The molecule has 1 saturated heterocycles. The van der Waals surface area contributed by atoms with Crippen molar-refractivity contribution in [2.24, 2.45) is 0 Å². The minimum Gasteiger partial charge on any atom is -0.352 e. The third-order valence-corrected chi connectivity index (χ3v) is 4.86. The second-order valence-corrected chi connectivity index (χ2v) is 6.79. The predicted octanol–water partition coefficient (Wildman–Crippen LogP) is 2.30. The van der Waals surface area contributed by atoms with Crippen molar-refractivity contribution >= 4 is 11.7 Å². The van der Waals surface area contributed by atoms with Crippen LogP contribution in [0.5, 0.6) is 0 Å². The average Bonchev–Trinajstić information content (AvgIpc) is 2.73. The highest BCUT2D eigenvalue weighted by Gasteiger charge is 2.37. The van der Waals surface area contributed by atoms with E-state index < -0.39 is 12.1 Å². The summed E-state index contributed by atoms with van der Waals surface area (Å²) >= 11 is 0. The summed E-state index contributed by atoms with van der Waals surface area (Å²) in [5.74, 6) is -1.10. The van der Waals surface area contributed by atoms with Crippen molar-refractivity contribution in [3.8, 4) is 6.07 Å². The first-order valence-corrected chi connectivity index (χ1v) is 9.06. The van der Waals surface area contributed by atoms with Crippen LogP contribution in [0.1, 0.15) is 29.8 Å². The van der Waals surface area contributed by atoms with E-state index in [0.29, 0.717) is 37.6 Å². The highest BCUT2D eigenvalue weighted by molar-refractivity contribution is 5.79. The number of anilines is 1. The van der Waals surface area contributed by atoms with Crippen LogP contribution < -0.4 is 4.90 Å². The number of nitriles is 1. The number of nitrogens with zero attached hydrogens (tertiary/aromatic N) is 6. The molecule has 1 amide bonds. The SMILES string of the molecule is CC(c1ccc(CC(=O)N2CCN(c3ccc(C#N)nn3)CC2)cn1)C(F)(F)F. The Kier molecular flexibility index (Phi) is 5.96. The Morgan fingerprint density at radius 3 is 2.41 bits per heavy atom. The van der Waals surface area contributed by atoms with Crippen molar-refractivity contribution in [3.05, 3.63) is 47.4 Å². The lowest BCUT2D eigenvalue weighted by atomic mass is 10.1. The standard InChI is InChI=1S/C19H19F3N6O/c1-13(19(20,21)22)16-4-2-14(12-24-16)10-18(29)28-8-6-27(7-9-28)17-5-3-15(11-23)25-26-17/h2-5,12-13H,6-10H2,1H3. The molecule has 2 aromatic rings. The maximum Gasteiger partial charge on any atom is 0.396 e. The maximum absolute atomic E-state index is 12.8. The number of piperazine rings is 1. The molecule has 0 saturated carbocycles. The molecule has 0 bridgehead atoms. The van der Waals surface area contributed by atoms with Gasteiger partial charge in [-0.3, -0.25) is 9.78 Å². The largest absolute Gasteiger partial charge is 0.396 e. The van der Waals surface area contributed by atoms with Crippen LogP contribution in [0, 0.1) is 11.3 Å². The van der Waals surface area contributed by atoms with Crippen LogP contribution >= 0.6 is 0 Å². The van der Waals surface area contributed by atoms with E-state index in [-0.39, 0.29) is 23.7 Å². The summed E-state index contributed by atoms with van der Waals surface area (Å²) in [5, 5.41) is 16.6. The summed E-state index contributed by atoms with van der Waals surface area (Å²) in [6, 6.07) is 8.07. The second-order valence-electron chi connectivity index (χ2n) is 6.79. The summed E-state index contributed by atoms with van der Waals surface area (Å²) in [5.41, 5.74) is 0.756. The molecule has 1 atom stereocenters. The molecule has 10 heteroatoms. The zero-order valence-corrected chi connectivity index (χ0v) is 15.7. The van der Waals surface area contributed by atoms with Gasteiger partial charge in [-0.2, -0.15) is 18.4 Å². The number of carbonyl (C=O) groups excluding carboxylic acids is 1. The van der Waals surface area contributed by atoms with E-state index in [1.54, 1.807) is 17.0 Å². The van der Waals surface area contributed by atoms with Crippen molar-refractivity contribution in [1.29, 1.82) is 5.26 Å². The first kappa shape index (κ1) is 20.5. The maximum atomic E-state index is 12.8. The van der Waals surface area contributed by atoms with Crippen LogP contribution in [0.3, 0.4) is 0 Å². The van der Waals surface area contributed by atoms with Crippen molar-refractivity contribution in [3.63, 3.8) is 0 Å². The normalized spacial score (nSPS) is 15.7. The topological polar surface area (TPSA) is 86.0 Å². The first-order valence-electron chi connectivity index (χ1n) is 9.06. The van der Waals surface area contributed by atoms with Gasteiger partial charge in [-0.05, 0) is 30.7 Å². The number of hydrogen-bond donors (Lipinski definition) is 0. The van der Waals surface area contributed by atoms with Gasteiger partial charge >= 0.3 is 6.18 Å². The van der Waals surface area contributed by atoms with Crippen molar-refractivity contribution in [2.75, 3.05) is 31.1 Å². The van der Waals surface area contributed by atoms with E-state index in [2.05, 4.69) is 15.2 Å². The van der Waals surface area contributed by atoms with Crippen molar-refractivity contribution in [2.45, 2.75) is 25.4 Å². The molecular formula is C19H19F3N6O. The lowest BCUT2D eigenvalue weighted by Gasteiger charge is -2.35. The second kappa shape index (κ2) is 8.43. The molecule has 0 N–H and O–H groups in total. The van der Waals surface area contributed by atoms with Gasteiger partial charge in [0.25, 0.3) is 0 Å². The van der Waals surface area contributed by atoms with Crippen molar-refractivity contribution < 1.29 is 18.0 Å². The number of amides is 1. The summed E-state index contributed by atoms with van der Waals surface area (Å²) in [7, 11) is 0. The highest BCUT2D eigenvalue weighted by Crippen LogP contribution is 2.33. The molecule has 0 radical (unpaired) electrons. The van der Waals surface area contributed by atoms with Gasteiger partial charge in [-0.1, -0.05) is 6.07 Å². The van der Waals surface area contributed by atoms with Crippen molar-refractivity contribution in [1.82, 2.24) is 20.1 Å². The van der Waals surface area contributed by atoms with Gasteiger partial charge in [0.2, 0.25) is 5.91 Å². The van der Waals surface area contributed by atoms with Gasteiger partial charge < -0.3 is 9.80 Å². The Balaban J connectivity index is 1.53. The fourth-order valence-electron chi connectivity index (χ4n) is 2.99. The Morgan fingerprint density at radius 1 is 1.17 bits per heavy atom. The summed E-state index contributed by atoms with van der Waals surface area (Å²) in [4.78, 5) is 20.1. The van der Waals surface area contributed by atoms with Crippen LogP contribution in [-0.2, 0) is 11.2 Å². The predicted molar refractivity (Wildman–Crippen MR) is 98.0 cm³/mol. The zero-order valence-electron chi connectivity index (χ0n) is 15.7. The number of halogens is 3. The average molecular weight is 404 g/mol. The fourth-order valence-corrected chi connectivity index (χ4v) is 2.99. The number of hydrogen-bond acceptors (Lipinski definition) is 6. The van der Waals surface area contributed by atoms with E-state index in [9.17, 15) is 18.0 Å². The molecule has 0 spiro atoms. The van der Waals surface area contributed by atoms with E-state index in [1.165, 1.54) is 18.3 Å². The van der Waals surface area contributed by atoms with Gasteiger partial charge in [0.1, 0.15) is 6.07 Å². The third kappa shape index (κ3) is 4.99. The van der Waals surface area contributed by atoms with Crippen LogP contribution in [-0.4, -0.2) is 58.3 Å². The molecule has 3 heterocycles. The molecule has 152 valence electrons. The lowest BCUT2D eigenvalue weighted by molar-refractivity contribution is -0.147. The van der Waals surface area contributed by atoms with E-state index in [4.69, 9.17) is 5.26 Å². The summed E-state index contributed by atoms with van der Waals surface area (Å²) in [6.07, 6.45) is -2.92. The fraction of sp³-hybridized carbons (Fsp3) is 0.421. The molecule has 3 rings (SSSR count). The number of carbonyl (C=O) groups is 1. The Hall–Kier alpha value is -3.22. The highest BCUT2D eigenvalue weighted by atomic mass is 19.4. The molecule has 2 aromatic heterocycles. The minimum absolute atomic E-state index is 0.0640. The molecular weight excluding hydrogens is 385 g/mol. The number of aromatic nitrogens is 3. The Bertz CT molecular complexity index is 884. The minimum atomic E-state index is -4.34. The lowest BCUT2D eigenvalue weighted by Crippen LogP contribution is -2.49. The zero-order chi connectivity index (χ0) is 21.0. The molecule has 0 aliphatic carbocycles. The van der Waals surface area contributed by atoms with Gasteiger partial charge in [-0.25, -0.2) is 0 Å². The van der Waals surface area contributed by atoms with Gasteiger partial charge in [0.15, 0.2) is 11.5 Å². The molecule has 1 unspecified atom stereocenters. The van der Waals surface area contributed by atoms with Crippen LogP contribution in [0.25, 0.3) is 0 Å². The van der Waals surface area contributed by atoms with Crippen LogP contribution in [0.15, 0.2) is 30.5 Å². The van der Waals surface area contributed by atoms with E-state index >= 15 is 0 Å². The molecule has 1 fully saturated rings. The number of pyridine rings is 1. The third-order valence-electron chi connectivity index (χ3n) is 4.86. The van der Waals surface area contributed by atoms with E-state index in [0.717, 1.165) is 6.92 Å². The van der Waals surface area contributed by atoms with Gasteiger partial charge in [0, 0.05) is 32.4 Å². The molecule has 1 aliphatic heterocycles. The quantitative estimate of drug-likeness (QED) is 0.777. The molecule has 0 aromatic carbocycles. The Labute approximate surface area is 165 Å². The monoisotopic (exact) mass is 404 g/mol. The number of alkyl halides is 3. The smallest absolute Gasteiger partial charge is 0.352 e. The molecule has 29 heavy (non-hydrogen) atoms. The van der Waals surface area contributed by atoms with Gasteiger partial charge in [-0.15, -0.1) is 10.2 Å². The van der Waals surface area contributed by atoms with Crippen LogP contribution in [0.4, 0.5) is 19.0 Å². The first-order chi connectivity index (χ1) is 13.8. The van der Waals surface area contributed by atoms with Crippen LogP contribution in [0.2, 0.25) is 0 Å². The summed E-state index contributed by atoms with van der Waals surface area (Å²) in [6.45, 7) is 3.21. The molecule has 1 aliphatic rings. The summed E-state index contributed by atoms with van der Waals surface area (Å²) < 4.78 is 38.3. The number of rotatable bonds is 4. The molecule has 7 nitrogen and oxygen atoms in total. The van der Waals surface area contributed by atoms with Gasteiger partial charge in [0.05, 0.1) is 18.0 Å². The Morgan fingerprint density at radius 2 is 1.90 bits per heavy atom.